The number of amides is 1. The first-order chi connectivity index (χ1) is 9.79. The van der Waals surface area contributed by atoms with Crippen LogP contribution in [-0.4, -0.2) is 10.9 Å². The zero-order chi connectivity index (χ0) is 15.6. The Morgan fingerprint density at radius 2 is 1.81 bits per heavy atom. The van der Waals surface area contributed by atoms with Crippen LogP contribution in [0.3, 0.4) is 0 Å². The summed E-state index contributed by atoms with van der Waals surface area (Å²) in [4.78, 5) is 15.5. The average Bonchev–Trinajstić information content (AvgIpc) is 2.40. The number of hydrogen-bond donors (Lipinski definition) is 1. The summed E-state index contributed by atoms with van der Waals surface area (Å²) in [6.45, 7) is 0. The molecule has 1 aromatic heterocycles. The third-order valence-electron chi connectivity index (χ3n) is 2.52. The lowest BCUT2D eigenvalue weighted by Crippen LogP contribution is -2.14. The number of aromatic nitrogens is 1. The highest BCUT2D eigenvalue weighted by atomic mass is 35.5. The van der Waals surface area contributed by atoms with Gasteiger partial charge in [0.25, 0.3) is 5.91 Å². The van der Waals surface area contributed by atoms with Crippen molar-refractivity contribution in [1.82, 2.24) is 4.98 Å². The van der Waals surface area contributed by atoms with Gasteiger partial charge in [-0.25, -0.2) is 4.98 Å². The molecule has 0 unspecified atom stereocenters. The second kappa shape index (κ2) is 5.91. The molecular weight excluding hydrogens is 328 g/mol. The van der Waals surface area contributed by atoms with E-state index in [-0.39, 0.29) is 21.4 Å². The van der Waals surface area contributed by atoms with Crippen molar-refractivity contribution in [1.29, 1.82) is 0 Å². The minimum absolute atomic E-state index is 0.164. The van der Waals surface area contributed by atoms with E-state index in [1.165, 1.54) is 12.1 Å². The summed E-state index contributed by atoms with van der Waals surface area (Å²) in [5, 5.41) is 2.20. The fraction of sp³-hybridized carbons (Fsp3) is 0.0769. The van der Waals surface area contributed by atoms with Crippen LogP contribution in [0.5, 0.6) is 0 Å². The minimum atomic E-state index is -4.55. The number of nitrogens with one attached hydrogen (secondary N) is 1. The van der Waals surface area contributed by atoms with Crippen molar-refractivity contribution in [3.05, 3.63) is 57.7 Å². The first-order valence-corrected chi connectivity index (χ1v) is 6.33. The molecule has 1 amide bonds. The van der Waals surface area contributed by atoms with Crippen LogP contribution in [0.2, 0.25) is 10.0 Å². The van der Waals surface area contributed by atoms with Crippen molar-refractivity contribution >= 4 is 34.9 Å². The lowest BCUT2D eigenvalue weighted by atomic mass is 10.2. The molecule has 0 aliphatic carbocycles. The quantitative estimate of drug-likeness (QED) is 0.867. The number of anilines is 1. The van der Waals surface area contributed by atoms with Gasteiger partial charge in [0.15, 0.2) is 5.82 Å². The monoisotopic (exact) mass is 334 g/mol. The van der Waals surface area contributed by atoms with E-state index in [1.807, 2.05) is 0 Å². The van der Waals surface area contributed by atoms with Crippen molar-refractivity contribution in [3.8, 4) is 0 Å². The van der Waals surface area contributed by atoms with Crippen LogP contribution in [0.4, 0.5) is 19.0 Å². The maximum atomic E-state index is 12.5. The molecule has 110 valence electrons. The van der Waals surface area contributed by atoms with E-state index >= 15 is 0 Å². The maximum absolute atomic E-state index is 12.5. The third-order valence-corrected chi connectivity index (χ3v) is 3.14. The summed E-state index contributed by atoms with van der Waals surface area (Å²) >= 11 is 11.5. The van der Waals surface area contributed by atoms with Crippen LogP contribution in [0, 0.1) is 0 Å². The van der Waals surface area contributed by atoms with Gasteiger partial charge < -0.3 is 5.32 Å². The molecule has 1 aromatic carbocycles. The number of hydrogen-bond acceptors (Lipinski definition) is 2. The largest absolute Gasteiger partial charge is 0.417 e. The fourth-order valence-electron chi connectivity index (χ4n) is 1.51. The van der Waals surface area contributed by atoms with Gasteiger partial charge in [0.2, 0.25) is 0 Å². The van der Waals surface area contributed by atoms with Gasteiger partial charge >= 0.3 is 6.18 Å². The lowest BCUT2D eigenvalue weighted by molar-refractivity contribution is -0.137. The Labute approximate surface area is 127 Å². The normalized spacial score (nSPS) is 11.3. The molecule has 2 aromatic rings. The molecular formula is C13H7Cl2F3N2O. The second-order valence-corrected chi connectivity index (χ2v) is 4.80. The molecule has 2 rings (SSSR count). The summed E-state index contributed by atoms with van der Waals surface area (Å²) < 4.78 is 37.4. The van der Waals surface area contributed by atoms with E-state index in [0.29, 0.717) is 12.3 Å². The Hall–Kier alpha value is -1.79. The molecule has 8 heteroatoms. The van der Waals surface area contributed by atoms with E-state index in [4.69, 9.17) is 23.2 Å². The molecule has 1 heterocycles. The molecule has 0 atom stereocenters. The van der Waals surface area contributed by atoms with Gasteiger partial charge in [-0.2, -0.15) is 13.2 Å². The van der Waals surface area contributed by atoms with Gasteiger partial charge in [-0.05, 0) is 18.2 Å². The van der Waals surface area contributed by atoms with Crippen molar-refractivity contribution < 1.29 is 18.0 Å². The number of alkyl halides is 3. The van der Waals surface area contributed by atoms with Crippen LogP contribution in [0.1, 0.15) is 15.9 Å². The van der Waals surface area contributed by atoms with Crippen molar-refractivity contribution in [2.45, 2.75) is 6.18 Å². The molecule has 0 radical (unpaired) electrons. The third kappa shape index (κ3) is 3.65. The van der Waals surface area contributed by atoms with E-state index in [9.17, 15) is 18.0 Å². The summed E-state index contributed by atoms with van der Waals surface area (Å²) in [6.07, 6.45) is -3.96. The Morgan fingerprint density at radius 1 is 1.14 bits per heavy atom. The standard InChI is InChI=1S/C13H7Cl2F3N2O/c14-9-4-2-1-3-8(9)12(21)20-11-10(15)5-7(6-19-11)13(16,17)18/h1-6H,(H,19,20,21). The van der Waals surface area contributed by atoms with Gasteiger partial charge in [0.1, 0.15) is 0 Å². The first kappa shape index (κ1) is 15.6. The number of benzene rings is 1. The van der Waals surface area contributed by atoms with Gasteiger partial charge in [-0.3, -0.25) is 4.79 Å². The highest BCUT2D eigenvalue weighted by Crippen LogP contribution is 2.32. The van der Waals surface area contributed by atoms with E-state index < -0.39 is 17.6 Å². The van der Waals surface area contributed by atoms with Gasteiger partial charge in [0.05, 0.1) is 21.2 Å². The molecule has 0 saturated heterocycles. The predicted molar refractivity (Wildman–Crippen MR) is 73.7 cm³/mol. The topological polar surface area (TPSA) is 42.0 Å². The van der Waals surface area contributed by atoms with E-state index in [1.54, 1.807) is 12.1 Å². The number of nitrogens with zero attached hydrogens (tertiary/aromatic N) is 1. The molecule has 0 aliphatic heterocycles. The Kier molecular flexibility index (Phi) is 4.39. The van der Waals surface area contributed by atoms with Crippen LogP contribution < -0.4 is 5.32 Å². The molecule has 3 nitrogen and oxygen atoms in total. The smallest absolute Gasteiger partial charge is 0.305 e. The zero-order valence-corrected chi connectivity index (χ0v) is 11.7. The number of carbonyl (C=O) groups excluding carboxylic acids is 1. The predicted octanol–water partition coefficient (Wildman–Crippen LogP) is 4.66. The van der Waals surface area contributed by atoms with Gasteiger partial charge in [-0.15, -0.1) is 0 Å². The number of carbonyl (C=O) groups is 1. The summed E-state index contributed by atoms with van der Waals surface area (Å²) in [5.41, 5.74) is -0.833. The van der Waals surface area contributed by atoms with Crippen LogP contribution in [0.25, 0.3) is 0 Å². The molecule has 0 aliphatic rings. The van der Waals surface area contributed by atoms with Crippen LogP contribution in [0.15, 0.2) is 36.5 Å². The summed E-state index contributed by atoms with van der Waals surface area (Å²) in [6, 6.07) is 6.91. The summed E-state index contributed by atoms with van der Waals surface area (Å²) in [7, 11) is 0. The number of pyridine rings is 1. The van der Waals surface area contributed by atoms with E-state index in [0.717, 1.165) is 0 Å². The highest BCUT2D eigenvalue weighted by molar-refractivity contribution is 6.35. The fourth-order valence-corrected chi connectivity index (χ4v) is 1.94. The van der Waals surface area contributed by atoms with Gasteiger partial charge in [-0.1, -0.05) is 35.3 Å². The lowest BCUT2D eigenvalue weighted by Gasteiger charge is -2.10. The molecule has 0 saturated carbocycles. The first-order valence-electron chi connectivity index (χ1n) is 5.57. The zero-order valence-electron chi connectivity index (χ0n) is 10.2. The Balaban J connectivity index is 2.25. The van der Waals surface area contributed by atoms with Crippen LogP contribution in [-0.2, 0) is 6.18 Å². The minimum Gasteiger partial charge on any atom is -0.305 e. The molecule has 1 N–H and O–H groups in total. The SMILES string of the molecule is O=C(Nc1ncc(C(F)(F)F)cc1Cl)c1ccccc1Cl. The Morgan fingerprint density at radius 3 is 2.38 bits per heavy atom. The van der Waals surface area contributed by atoms with Crippen LogP contribution >= 0.6 is 23.2 Å². The average molecular weight is 335 g/mol. The molecule has 21 heavy (non-hydrogen) atoms. The molecule has 0 spiro atoms. The highest BCUT2D eigenvalue weighted by Gasteiger charge is 2.31. The maximum Gasteiger partial charge on any atom is 0.417 e. The number of halogens is 5. The Bertz CT molecular complexity index is 689. The number of rotatable bonds is 2. The van der Waals surface area contributed by atoms with E-state index in [2.05, 4.69) is 10.3 Å². The van der Waals surface area contributed by atoms with Crippen molar-refractivity contribution in [3.63, 3.8) is 0 Å². The molecule has 0 bridgehead atoms. The van der Waals surface area contributed by atoms with Crippen molar-refractivity contribution in [2.75, 3.05) is 5.32 Å². The second-order valence-electron chi connectivity index (χ2n) is 3.99. The van der Waals surface area contributed by atoms with Gasteiger partial charge in [0, 0.05) is 6.20 Å². The molecule has 0 fully saturated rings. The van der Waals surface area contributed by atoms with Crippen molar-refractivity contribution in [2.24, 2.45) is 0 Å². The summed E-state index contributed by atoms with van der Waals surface area (Å²) in [5.74, 6) is -0.788.